The standard InChI is InChI=1S/C14H22N4O2.HI/c1-4-17-13(19)10-20-12-7-5-6-11(8-12)9-18-14(15-2)16-3;/h5-8H,4,9-10H2,1-3H3,(H,17,19)(H2,15,16,18);1H. The summed E-state index contributed by atoms with van der Waals surface area (Å²) in [5, 5.41) is 8.78. The molecule has 0 aliphatic carbocycles. The maximum absolute atomic E-state index is 11.3. The number of rotatable bonds is 6. The molecule has 0 aliphatic rings. The molecule has 0 fully saturated rings. The monoisotopic (exact) mass is 406 g/mol. The van der Waals surface area contributed by atoms with Crippen LogP contribution in [0.3, 0.4) is 0 Å². The van der Waals surface area contributed by atoms with Crippen LogP contribution >= 0.6 is 24.0 Å². The minimum atomic E-state index is -0.119. The van der Waals surface area contributed by atoms with Gasteiger partial charge in [0.15, 0.2) is 12.6 Å². The molecular weight excluding hydrogens is 383 g/mol. The van der Waals surface area contributed by atoms with Crippen molar-refractivity contribution in [3.05, 3.63) is 29.8 Å². The number of benzene rings is 1. The number of carbonyl (C=O) groups excluding carboxylic acids is 1. The maximum atomic E-state index is 11.3. The molecule has 1 aromatic rings. The number of carbonyl (C=O) groups is 1. The highest BCUT2D eigenvalue weighted by atomic mass is 127. The number of halogens is 1. The Labute approximate surface area is 142 Å². The molecular formula is C14H23IN4O2. The predicted octanol–water partition coefficient (Wildman–Crippen LogP) is 1.11. The highest BCUT2D eigenvalue weighted by Gasteiger charge is 2.02. The van der Waals surface area contributed by atoms with E-state index in [2.05, 4.69) is 20.9 Å². The van der Waals surface area contributed by atoms with Crippen LogP contribution in [0.25, 0.3) is 0 Å². The van der Waals surface area contributed by atoms with Crippen LogP contribution in [0.4, 0.5) is 0 Å². The second-order valence-corrected chi connectivity index (χ2v) is 4.07. The van der Waals surface area contributed by atoms with Crippen LogP contribution in [-0.4, -0.2) is 39.1 Å². The van der Waals surface area contributed by atoms with E-state index in [-0.39, 0.29) is 36.5 Å². The van der Waals surface area contributed by atoms with Crippen LogP contribution in [-0.2, 0) is 11.3 Å². The van der Waals surface area contributed by atoms with E-state index in [9.17, 15) is 4.79 Å². The van der Waals surface area contributed by atoms with Gasteiger partial charge in [0.25, 0.3) is 5.91 Å². The van der Waals surface area contributed by atoms with Crippen LogP contribution in [0.5, 0.6) is 5.75 Å². The summed E-state index contributed by atoms with van der Waals surface area (Å²) < 4.78 is 5.43. The second-order valence-electron chi connectivity index (χ2n) is 4.07. The fraction of sp³-hybridized carbons (Fsp3) is 0.429. The van der Waals surface area contributed by atoms with Gasteiger partial charge < -0.3 is 20.7 Å². The summed E-state index contributed by atoms with van der Waals surface area (Å²) in [7, 11) is 3.52. The quantitative estimate of drug-likeness (QED) is 0.376. The topological polar surface area (TPSA) is 74.8 Å². The molecule has 21 heavy (non-hydrogen) atoms. The van der Waals surface area contributed by atoms with Crippen molar-refractivity contribution >= 4 is 35.8 Å². The van der Waals surface area contributed by atoms with Gasteiger partial charge in [-0.15, -0.1) is 24.0 Å². The minimum absolute atomic E-state index is 0. The molecule has 0 radical (unpaired) electrons. The Balaban J connectivity index is 0.00000400. The number of aliphatic imine (C=N–C) groups is 1. The summed E-state index contributed by atoms with van der Waals surface area (Å²) in [5.74, 6) is 1.28. The molecule has 3 N–H and O–H groups in total. The van der Waals surface area contributed by atoms with Crippen molar-refractivity contribution in [2.45, 2.75) is 13.5 Å². The van der Waals surface area contributed by atoms with Gasteiger partial charge in [0, 0.05) is 27.2 Å². The number of nitrogens with one attached hydrogen (secondary N) is 3. The summed E-state index contributed by atoms with van der Waals surface area (Å²) in [6.07, 6.45) is 0. The molecule has 0 heterocycles. The highest BCUT2D eigenvalue weighted by Crippen LogP contribution is 2.13. The molecule has 0 spiro atoms. The average Bonchev–Trinajstić information content (AvgIpc) is 2.47. The van der Waals surface area contributed by atoms with E-state index >= 15 is 0 Å². The Kier molecular flexibility index (Phi) is 10.4. The lowest BCUT2D eigenvalue weighted by atomic mass is 10.2. The first-order valence-electron chi connectivity index (χ1n) is 6.56. The molecule has 0 aliphatic heterocycles. The van der Waals surface area contributed by atoms with Gasteiger partial charge in [-0.1, -0.05) is 12.1 Å². The molecule has 0 bridgehead atoms. The lowest BCUT2D eigenvalue weighted by molar-refractivity contribution is -0.122. The molecule has 0 saturated heterocycles. The molecule has 6 nitrogen and oxygen atoms in total. The lowest BCUT2D eigenvalue weighted by Crippen LogP contribution is -2.34. The van der Waals surface area contributed by atoms with E-state index in [0.717, 1.165) is 11.5 Å². The second kappa shape index (κ2) is 11.2. The van der Waals surface area contributed by atoms with E-state index in [1.165, 1.54) is 0 Å². The Morgan fingerprint density at radius 1 is 1.33 bits per heavy atom. The van der Waals surface area contributed by atoms with E-state index in [1.54, 1.807) is 14.1 Å². The highest BCUT2D eigenvalue weighted by molar-refractivity contribution is 14.0. The number of ether oxygens (including phenoxy) is 1. The maximum Gasteiger partial charge on any atom is 0.257 e. The van der Waals surface area contributed by atoms with Crippen LogP contribution in [0.1, 0.15) is 12.5 Å². The molecule has 1 rings (SSSR count). The van der Waals surface area contributed by atoms with E-state index in [1.807, 2.05) is 31.2 Å². The van der Waals surface area contributed by atoms with E-state index in [0.29, 0.717) is 18.8 Å². The predicted molar refractivity (Wildman–Crippen MR) is 95.3 cm³/mol. The molecule has 0 atom stereocenters. The van der Waals surface area contributed by atoms with Crippen molar-refractivity contribution in [3.63, 3.8) is 0 Å². The Morgan fingerprint density at radius 3 is 2.71 bits per heavy atom. The zero-order chi connectivity index (χ0) is 14.8. The Hall–Kier alpha value is -1.51. The molecule has 1 amide bonds. The number of amides is 1. The zero-order valence-electron chi connectivity index (χ0n) is 12.6. The van der Waals surface area contributed by atoms with Gasteiger partial charge in [0.1, 0.15) is 5.75 Å². The van der Waals surface area contributed by atoms with Crippen molar-refractivity contribution in [2.24, 2.45) is 4.99 Å². The van der Waals surface area contributed by atoms with E-state index in [4.69, 9.17) is 4.74 Å². The SMILES string of the molecule is CCNC(=O)COc1cccc(CNC(=NC)NC)c1.I. The third-order valence-electron chi connectivity index (χ3n) is 2.56. The average molecular weight is 406 g/mol. The molecule has 1 aromatic carbocycles. The van der Waals surface area contributed by atoms with Gasteiger partial charge in [-0.2, -0.15) is 0 Å². The van der Waals surface area contributed by atoms with Crippen LogP contribution in [0.15, 0.2) is 29.3 Å². The van der Waals surface area contributed by atoms with Crippen LogP contribution in [0, 0.1) is 0 Å². The van der Waals surface area contributed by atoms with E-state index < -0.39 is 0 Å². The van der Waals surface area contributed by atoms with Gasteiger partial charge in [0.2, 0.25) is 0 Å². The summed E-state index contributed by atoms with van der Waals surface area (Å²) in [6.45, 7) is 3.14. The summed E-state index contributed by atoms with van der Waals surface area (Å²) in [4.78, 5) is 15.4. The molecule has 0 unspecified atom stereocenters. The minimum Gasteiger partial charge on any atom is -0.484 e. The number of guanidine groups is 1. The largest absolute Gasteiger partial charge is 0.484 e. The lowest BCUT2D eigenvalue weighted by Gasteiger charge is -2.10. The number of hydrogen-bond donors (Lipinski definition) is 3. The molecule has 7 heteroatoms. The first kappa shape index (κ1) is 19.5. The van der Waals surface area contributed by atoms with Crippen LogP contribution in [0.2, 0.25) is 0 Å². The fourth-order valence-electron chi connectivity index (χ4n) is 1.61. The van der Waals surface area contributed by atoms with Gasteiger partial charge in [-0.25, -0.2) is 0 Å². The van der Waals surface area contributed by atoms with Gasteiger partial charge >= 0.3 is 0 Å². The third kappa shape index (κ3) is 7.74. The third-order valence-corrected chi connectivity index (χ3v) is 2.56. The van der Waals surface area contributed by atoms with Crippen molar-refractivity contribution in [3.8, 4) is 5.75 Å². The van der Waals surface area contributed by atoms with Crippen molar-refractivity contribution in [2.75, 3.05) is 27.2 Å². The Bertz CT molecular complexity index is 466. The molecule has 0 saturated carbocycles. The summed E-state index contributed by atoms with van der Waals surface area (Å²) in [6, 6.07) is 7.60. The first-order chi connectivity index (χ1) is 9.69. The molecule has 118 valence electrons. The van der Waals surface area contributed by atoms with Crippen molar-refractivity contribution in [1.82, 2.24) is 16.0 Å². The fourth-order valence-corrected chi connectivity index (χ4v) is 1.61. The van der Waals surface area contributed by atoms with Gasteiger partial charge in [-0.3, -0.25) is 9.79 Å². The zero-order valence-corrected chi connectivity index (χ0v) is 14.9. The summed E-state index contributed by atoms with van der Waals surface area (Å²) >= 11 is 0. The summed E-state index contributed by atoms with van der Waals surface area (Å²) in [5.41, 5.74) is 1.05. The van der Waals surface area contributed by atoms with Crippen molar-refractivity contribution < 1.29 is 9.53 Å². The Morgan fingerprint density at radius 2 is 2.10 bits per heavy atom. The number of hydrogen-bond acceptors (Lipinski definition) is 3. The number of likely N-dealkylation sites (N-methyl/N-ethyl adjacent to an activating group) is 1. The first-order valence-corrected chi connectivity index (χ1v) is 6.56. The smallest absolute Gasteiger partial charge is 0.257 e. The molecule has 0 aromatic heterocycles. The normalized spacial score (nSPS) is 10.3. The van der Waals surface area contributed by atoms with Crippen molar-refractivity contribution in [1.29, 1.82) is 0 Å². The van der Waals surface area contributed by atoms with Crippen LogP contribution < -0.4 is 20.7 Å². The number of nitrogens with zero attached hydrogens (tertiary/aromatic N) is 1. The van der Waals surface area contributed by atoms with Gasteiger partial charge in [-0.05, 0) is 24.6 Å². The van der Waals surface area contributed by atoms with Gasteiger partial charge in [0.05, 0.1) is 0 Å².